The van der Waals surface area contributed by atoms with Crippen LogP contribution in [0.3, 0.4) is 0 Å². The third-order valence-electron chi connectivity index (χ3n) is 4.40. The predicted octanol–water partition coefficient (Wildman–Crippen LogP) is 4.81. The van der Waals surface area contributed by atoms with Crippen LogP contribution in [0.2, 0.25) is 0 Å². The largest absolute Gasteiger partial charge is 0.494 e. The van der Waals surface area contributed by atoms with E-state index in [1.54, 1.807) is 0 Å². The lowest BCUT2D eigenvalue weighted by atomic mass is 10.1. The van der Waals surface area contributed by atoms with Crippen molar-refractivity contribution in [2.75, 3.05) is 25.0 Å². The maximum atomic E-state index is 11.9. The highest BCUT2D eigenvalue weighted by Gasteiger charge is 2.02. The summed E-state index contributed by atoms with van der Waals surface area (Å²) >= 11 is 0. The van der Waals surface area contributed by atoms with E-state index < -0.39 is 0 Å². The lowest BCUT2D eigenvalue weighted by molar-refractivity contribution is -0.119. The van der Waals surface area contributed by atoms with E-state index in [0.29, 0.717) is 6.54 Å². The quantitative estimate of drug-likeness (QED) is 0.499. The van der Waals surface area contributed by atoms with Crippen LogP contribution in [-0.2, 0) is 11.2 Å². The lowest BCUT2D eigenvalue weighted by Crippen LogP contribution is -2.31. The predicted molar refractivity (Wildman–Crippen MR) is 112 cm³/mol. The molecular weight excluding hydrogens is 336 g/mol. The van der Waals surface area contributed by atoms with Crippen molar-refractivity contribution in [3.8, 4) is 5.75 Å². The SMILES string of the molecule is CCCCCCCOc1ccc(NCC(=O)NCCc2ccccc2)cc1. The molecule has 0 fully saturated rings. The van der Waals surface area contributed by atoms with E-state index in [4.69, 9.17) is 4.74 Å². The molecule has 0 aliphatic carbocycles. The van der Waals surface area contributed by atoms with Gasteiger partial charge in [0, 0.05) is 12.2 Å². The summed E-state index contributed by atoms with van der Waals surface area (Å²) in [5.41, 5.74) is 2.15. The molecule has 0 saturated heterocycles. The van der Waals surface area contributed by atoms with Crippen LogP contribution in [0, 0.1) is 0 Å². The molecule has 1 amide bonds. The molecule has 0 spiro atoms. The normalized spacial score (nSPS) is 10.4. The second-order valence-electron chi connectivity index (χ2n) is 6.73. The first-order chi connectivity index (χ1) is 13.3. The highest BCUT2D eigenvalue weighted by atomic mass is 16.5. The second-order valence-corrected chi connectivity index (χ2v) is 6.73. The Bertz CT molecular complexity index is 641. The molecule has 4 heteroatoms. The molecule has 0 aromatic heterocycles. The third-order valence-corrected chi connectivity index (χ3v) is 4.40. The first kappa shape index (κ1) is 20.8. The molecule has 0 aliphatic heterocycles. The minimum atomic E-state index is -0.00154. The molecule has 0 radical (unpaired) electrons. The average molecular weight is 369 g/mol. The Morgan fingerprint density at radius 2 is 1.67 bits per heavy atom. The van der Waals surface area contributed by atoms with Gasteiger partial charge in [-0.2, -0.15) is 0 Å². The summed E-state index contributed by atoms with van der Waals surface area (Å²) in [5.74, 6) is 0.877. The van der Waals surface area contributed by atoms with Crippen LogP contribution in [-0.4, -0.2) is 25.6 Å². The highest BCUT2D eigenvalue weighted by Crippen LogP contribution is 2.16. The Morgan fingerprint density at radius 1 is 0.926 bits per heavy atom. The fraction of sp³-hybridized carbons (Fsp3) is 0.435. The maximum absolute atomic E-state index is 11.9. The van der Waals surface area contributed by atoms with Gasteiger partial charge in [0.25, 0.3) is 0 Å². The molecule has 2 aromatic carbocycles. The number of anilines is 1. The summed E-state index contributed by atoms with van der Waals surface area (Å²) in [6.07, 6.45) is 7.03. The van der Waals surface area contributed by atoms with Crippen molar-refractivity contribution < 1.29 is 9.53 Å². The highest BCUT2D eigenvalue weighted by molar-refractivity contribution is 5.80. The van der Waals surface area contributed by atoms with Crippen LogP contribution < -0.4 is 15.4 Å². The molecular formula is C23H32N2O2. The fourth-order valence-electron chi connectivity index (χ4n) is 2.80. The average Bonchev–Trinajstić information content (AvgIpc) is 2.71. The first-order valence-corrected chi connectivity index (χ1v) is 10.1. The number of unbranched alkanes of at least 4 members (excludes halogenated alkanes) is 4. The summed E-state index contributed by atoms with van der Waals surface area (Å²) in [6, 6.07) is 17.9. The number of nitrogens with one attached hydrogen (secondary N) is 2. The molecule has 2 rings (SSSR count). The Kier molecular flexibility index (Phi) is 9.87. The van der Waals surface area contributed by atoms with Gasteiger partial charge in [-0.15, -0.1) is 0 Å². The van der Waals surface area contributed by atoms with E-state index in [-0.39, 0.29) is 12.5 Å². The molecule has 2 aromatic rings. The zero-order valence-electron chi connectivity index (χ0n) is 16.4. The van der Waals surface area contributed by atoms with Gasteiger partial charge in [0.15, 0.2) is 0 Å². The van der Waals surface area contributed by atoms with Crippen LogP contribution >= 0.6 is 0 Å². The number of amides is 1. The topological polar surface area (TPSA) is 50.4 Å². The van der Waals surface area contributed by atoms with Crippen LogP contribution in [0.15, 0.2) is 54.6 Å². The summed E-state index contributed by atoms with van der Waals surface area (Å²) < 4.78 is 5.75. The Balaban J connectivity index is 1.58. The molecule has 0 atom stereocenters. The van der Waals surface area contributed by atoms with Crippen LogP contribution in [0.5, 0.6) is 5.75 Å². The molecule has 0 unspecified atom stereocenters. The van der Waals surface area contributed by atoms with Crippen molar-refractivity contribution >= 4 is 11.6 Å². The van der Waals surface area contributed by atoms with Gasteiger partial charge in [0.2, 0.25) is 5.91 Å². The summed E-state index contributed by atoms with van der Waals surface area (Å²) in [5, 5.41) is 6.08. The molecule has 4 nitrogen and oxygen atoms in total. The van der Waals surface area contributed by atoms with E-state index in [2.05, 4.69) is 29.7 Å². The minimum absolute atomic E-state index is 0.00154. The minimum Gasteiger partial charge on any atom is -0.494 e. The number of carbonyl (C=O) groups is 1. The summed E-state index contributed by atoms with van der Waals surface area (Å²) in [4.78, 5) is 11.9. The summed E-state index contributed by atoms with van der Waals surface area (Å²) in [6.45, 7) is 3.91. The standard InChI is InChI=1S/C23H32N2O2/c1-2-3-4-5-9-18-27-22-14-12-21(13-15-22)25-19-23(26)24-17-16-20-10-7-6-8-11-20/h6-8,10-15,25H,2-5,9,16-19H2,1H3,(H,24,26). The van der Waals surface area contributed by atoms with Gasteiger partial charge in [0.05, 0.1) is 13.2 Å². The number of hydrogen-bond donors (Lipinski definition) is 2. The number of carbonyl (C=O) groups excluding carboxylic acids is 1. The van der Waals surface area contributed by atoms with Crippen molar-refractivity contribution in [1.82, 2.24) is 5.32 Å². The van der Waals surface area contributed by atoms with Crippen molar-refractivity contribution in [3.63, 3.8) is 0 Å². The van der Waals surface area contributed by atoms with Gasteiger partial charge < -0.3 is 15.4 Å². The maximum Gasteiger partial charge on any atom is 0.239 e. The number of benzene rings is 2. The number of ether oxygens (including phenoxy) is 1. The van der Waals surface area contributed by atoms with Gasteiger partial charge in [-0.25, -0.2) is 0 Å². The molecule has 0 bridgehead atoms. The van der Waals surface area contributed by atoms with Crippen molar-refractivity contribution in [2.45, 2.75) is 45.4 Å². The zero-order chi connectivity index (χ0) is 19.2. The lowest BCUT2D eigenvalue weighted by Gasteiger charge is -2.10. The molecule has 0 heterocycles. The molecule has 0 aliphatic rings. The van der Waals surface area contributed by atoms with Crippen molar-refractivity contribution in [2.24, 2.45) is 0 Å². The number of rotatable bonds is 13. The smallest absolute Gasteiger partial charge is 0.239 e. The van der Waals surface area contributed by atoms with Crippen molar-refractivity contribution in [1.29, 1.82) is 0 Å². The van der Waals surface area contributed by atoms with E-state index >= 15 is 0 Å². The van der Waals surface area contributed by atoms with Crippen LogP contribution in [0.25, 0.3) is 0 Å². The van der Waals surface area contributed by atoms with E-state index in [1.807, 2.05) is 42.5 Å². The monoisotopic (exact) mass is 368 g/mol. The zero-order valence-corrected chi connectivity index (χ0v) is 16.4. The van der Waals surface area contributed by atoms with E-state index in [0.717, 1.165) is 30.9 Å². The van der Waals surface area contributed by atoms with Gasteiger partial charge in [-0.3, -0.25) is 4.79 Å². The van der Waals surface area contributed by atoms with Crippen molar-refractivity contribution in [3.05, 3.63) is 60.2 Å². The molecule has 146 valence electrons. The van der Waals surface area contributed by atoms with E-state index in [9.17, 15) is 4.79 Å². The van der Waals surface area contributed by atoms with Gasteiger partial charge in [-0.1, -0.05) is 62.9 Å². The van der Waals surface area contributed by atoms with E-state index in [1.165, 1.54) is 31.2 Å². The Labute approximate surface area is 163 Å². The van der Waals surface area contributed by atoms with Crippen LogP contribution in [0.1, 0.15) is 44.6 Å². The summed E-state index contributed by atoms with van der Waals surface area (Å²) in [7, 11) is 0. The van der Waals surface area contributed by atoms with Gasteiger partial charge in [-0.05, 0) is 42.7 Å². The number of hydrogen-bond acceptors (Lipinski definition) is 3. The first-order valence-electron chi connectivity index (χ1n) is 10.1. The molecule has 2 N–H and O–H groups in total. The van der Waals surface area contributed by atoms with Crippen LogP contribution in [0.4, 0.5) is 5.69 Å². The van der Waals surface area contributed by atoms with Gasteiger partial charge >= 0.3 is 0 Å². The second kappa shape index (κ2) is 12.8. The molecule has 27 heavy (non-hydrogen) atoms. The van der Waals surface area contributed by atoms with Gasteiger partial charge in [0.1, 0.15) is 5.75 Å². The Morgan fingerprint density at radius 3 is 2.41 bits per heavy atom. The molecule has 0 saturated carbocycles. The Hall–Kier alpha value is -2.49. The fourth-order valence-corrected chi connectivity index (χ4v) is 2.80. The third kappa shape index (κ3) is 9.13.